The van der Waals surface area contributed by atoms with Crippen molar-refractivity contribution in [1.82, 2.24) is 4.90 Å². The van der Waals surface area contributed by atoms with Crippen molar-refractivity contribution in [1.29, 1.82) is 0 Å². The summed E-state index contributed by atoms with van der Waals surface area (Å²) in [5.74, 6) is -0.599. The number of rotatable bonds is 3. The number of carbonyl (C=O) groups is 1. The van der Waals surface area contributed by atoms with Crippen molar-refractivity contribution in [3.05, 3.63) is 0 Å². The summed E-state index contributed by atoms with van der Waals surface area (Å²) in [4.78, 5) is 13.1. The van der Waals surface area contributed by atoms with Crippen LogP contribution in [0.3, 0.4) is 0 Å². The van der Waals surface area contributed by atoms with Crippen LogP contribution in [0.1, 0.15) is 13.3 Å². The number of nitrogens with zero attached hydrogens (tertiary/aromatic N) is 1. The number of likely N-dealkylation sites (tertiary alicyclic amines) is 1. The third-order valence-corrected chi connectivity index (χ3v) is 2.47. The number of β-amino-alcohol motifs (C(OH)–C–C–N with tert-alkyl or cyclic N) is 1. The molecule has 1 aliphatic rings. The Kier molecular flexibility index (Phi) is 3.47. The van der Waals surface area contributed by atoms with Crippen LogP contribution in [0.5, 0.6) is 0 Å². The summed E-state index contributed by atoms with van der Waals surface area (Å²) >= 11 is 0. The largest absolute Gasteiger partial charge is 0.467 e. The van der Waals surface area contributed by atoms with Gasteiger partial charge in [0.2, 0.25) is 0 Å². The van der Waals surface area contributed by atoms with E-state index in [2.05, 4.69) is 4.74 Å². The Balaban J connectivity index is 2.46. The second-order valence-corrected chi connectivity index (χ2v) is 4.05. The van der Waals surface area contributed by atoms with Gasteiger partial charge in [-0.1, -0.05) is 0 Å². The summed E-state index contributed by atoms with van der Waals surface area (Å²) in [6.45, 7) is 3.30. The first-order chi connectivity index (χ1) is 6.45. The van der Waals surface area contributed by atoms with Gasteiger partial charge >= 0.3 is 5.97 Å². The molecule has 0 bridgehead atoms. The second-order valence-electron chi connectivity index (χ2n) is 4.05. The molecule has 1 aliphatic heterocycles. The molecule has 1 heterocycles. The quantitative estimate of drug-likeness (QED) is 0.571. The SMILES string of the molecule is COC(=O)C(C)(O)CN1CC[C@H](N)C1. The van der Waals surface area contributed by atoms with Gasteiger partial charge in [-0.3, -0.25) is 4.90 Å². The van der Waals surface area contributed by atoms with Gasteiger partial charge in [-0.05, 0) is 19.9 Å². The fourth-order valence-electron chi connectivity index (χ4n) is 1.73. The standard InChI is InChI=1S/C9H18N2O3/c1-9(13,8(12)14-2)6-11-4-3-7(10)5-11/h7,13H,3-6,10H2,1-2H3/t7-,9?/m0/s1. The average Bonchev–Trinajstić information content (AvgIpc) is 2.48. The number of esters is 1. The van der Waals surface area contributed by atoms with Gasteiger partial charge in [-0.2, -0.15) is 0 Å². The average molecular weight is 202 g/mol. The zero-order valence-electron chi connectivity index (χ0n) is 8.69. The molecule has 1 rings (SSSR count). The molecule has 0 saturated carbocycles. The number of ether oxygens (including phenoxy) is 1. The maximum absolute atomic E-state index is 11.2. The molecular formula is C9H18N2O3. The van der Waals surface area contributed by atoms with E-state index < -0.39 is 11.6 Å². The summed E-state index contributed by atoms with van der Waals surface area (Å²) in [6.07, 6.45) is 0.914. The lowest BCUT2D eigenvalue weighted by Gasteiger charge is -2.26. The zero-order valence-corrected chi connectivity index (χ0v) is 8.69. The topological polar surface area (TPSA) is 75.8 Å². The Morgan fingerprint density at radius 1 is 1.79 bits per heavy atom. The molecule has 1 fully saturated rings. The van der Waals surface area contributed by atoms with Crippen molar-refractivity contribution in [3.63, 3.8) is 0 Å². The third kappa shape index (κ3) is 2.67. The van der Waals surface area contributed by atoms with Gasteiger partial charge in [0, 0.05) is 19.1 Å². The van der Waals surface area contributed by atoms with Gasteiger partial charge in [-0.25, -0.2) is 4.79 Å². The van der Waals surface area contributed by atoms with E-state index in [1.807, 2.05) is 4.90 Å². The zero-order chi connectivity index (χ0) is 10.8. The lowest BCUT2D eigenvalue weighted by Crippen LogP contribution is -2.47. The summed E-state index contributed by atoms with van der Waals surface area (Å²) in [5, 5.41) is 9.77. The van der Waals surface area contributed by atoms with Gasteiger partial charge in [0.1, 0.15) is 0 Å². The normalized spacial score (nSPS) is 27.3. The maximum atomic E-state index is 11.2. The minimum atomic E-state index is -1.43. The van der Waals surface area contributed by atoms with Gasteiger partial charge in [0.25, 0.3) is 0 Å². The lowest BCUT2D eigenvalue weighted by molar-refractivity contribution is -0.162. The van der Waals surface area contributed by atoms with Crippen LogP contribution in [0, 0.1) is 0 Å². The first-order valence-electron chi connectivity index (χ1n) is 4.74. The van der Waals surface area contributed by atoms with Gasteiger partial charge in [0.15, 0.2) is 5.60 Å². The van der Waals surface area contributed by atoms with Gasteiger partial charge < -0.3 is 15.6 Å². The molecule has 82 valence electrons. The van der Waals surface area contributed by atoms with Crippen LogP contribution in [0.15, 0.2) is 0 Å². The molecule has 0 aromatic rings. The van der Waals surface area contributed by atoms with Crippen molar-refractivity contribution in [2.24, 2.45) is 5.73 Å². The van der Waals surface area contributed by atoms with Crippen LogP contribution >= 0.6 is 0 Å². The number of methoxy groups -OCH3 is 1. The molecule has 14 heavy (non-hydrogen) atoms. The first-order valence-corrected chi connectivity index (χ1v) is 4.74. The van der Waals surface area contributed by atoms with E-state index in [0.29, 0.717) is 0 Å². The molecule has 0 spiro atoms. The highest BCUT2D eigenvalue weighted by Crippen LogP contribution is 2.13. The predicted octanol–water partition coefficient (Wildman–Crippen LogP) is -1.06. The van der Waals surface area contributed by atoms with E-state index in [1.165, 1.54) is 14.0 Å². The molecule has 0 aromatic heterocycles. The second kappa shape index (κ2) is 4.25. The Hall–Kier alpha value is -0.650. The van der Waals surface area contributed by atoms with E-state index in [-0.39, 0.29) is 12.6 Å². The lowest BCUT2D eigenvalue weighted by atomic mass is 10.1. The molecule has 5 heteroatoms. The third-order valence-electron chi connectivity index (χ3n) is 2.47. The van der Waals surface area contributed by atoms with Crippen LogP contribution < -0.4 is 5.73 Å². The van der Waals surface area contributed by atoms with E-state index in [4.69, 9.17) is 5.73 Å². The molecule has 2 atom stereocenters. The Morgan fingerprint density at radius 2 is 2.43 bits per heavy atom. The van der Waals surface area contributed by atoms with E-state index >= 15 is 0 Å². The fraction of sp³-hybridized carbons (Fsp3) is 0.889. The Labute approximate surface area is 83.8 Å². The number of carbonyl (C=O) groups excluding carboxylic acids is 1. The summed E-state index contributed by atoms with van der Waals surface area (Å²) in [6, 6.07) is 0.156. The van der Waals surface area contributed by atoms with E-state index in [9.17, 15) is 9.90 Å². The molecule has 0 radical (unpaired) electrons. The summed E-state index contributed by atoms with van der Waals surface area (Å²) in [5.41, 5.74) is 4.28. The molecule has 5 nitrogen and oxygen atoms in total. The van der Waals surface area contributed by atoms with Crippen LogP contribution in [-0.2, 0) is 9.53 Å². The number of aliphatic hydroxyl groups is 1. The Morgan fingerprint density at radius 3 is 2.86 bits per heavy atom. The van der Waals surface area contributed by atoms with E-state index in [1.54, 1.807) is 0 Å². The molecule has 3 N–H and O–H groups in total. The highest BCUT2D eigenvalue weighted by atomic mass is 16.5. The maximum Gasteiger partial charge on any atom is 0.338 e. The predicted molar refractivity (Wildman–Crippen MR) is 51.7 cm³/mol. The molecule has 1 saturated heterocycles. The minimum absolute atomic E-state index is 0.156. The van der Waals surface area contributed by atoms with Gasteiger partial charge in [-0.15, -0.1) is 0 Å². The van der Waals surface area contributed by atoms with E-state index in [0.717, 1.165) is 19.5 Å². The highest BCUT2D eigenvalue weighted by molar-refractivity contribution is 5.78. The molecule has 0 aromatic carbocycles. The first kappa shape index (κ1) is 11.4. The molecule has 1 unspecified atom stereocenters. The van der Waals surface area contributed by atoms with Crippen LogP contribution in [0.4, 0.5) is 0 Å². The fourth-order valence-corrected chi connectivity index (χ4v) is 1.73. The van der Waals surface area contributed by atoms with Crippen LogP contribution in [0.2, 0.25) is 0 Å². The Bertz CT molecular complexity index is 218. The number of hydrogen-bond donors (Lipinski definition) is 2. The van der Waals surface area contributed by atoms with Crippen LogP contribution in [0.25, 0.3) is 0 Å². The van der Waals surface area contributed by atoms with Crippen molar-refractivity contribution >= 4 is 5.97 Å². The molecule has 0 aliphatic carbocycles. The molecule has 0 amide bonds. The van der Waals surface area contributed by atoms with Crippen molar-refractivity contribution < 1.29 is 14.6 Å². The minimum Gasteiger partial charge on any atom is -0.467 e. The number of hydrogen-bond acceptors (Lipinski definition) is 5. The summed E-state index contributed by atoms with van der Waals surface area (Å²) in [7, 11) is 1.27. The van der Waals surface area contributed by atoms with Crippen molar-refractivity contribution in [2.45, 2.75) is 25.0 Å². The molecular weight excluding hydrogens is 184 g/mol. The monoisotopic (exact) mass is 202 g/mol. The van der Waals surface area contributed by atoms with Crippen LogP contribution in [-0.4, -0.2) is 54.4 Å². The number of nitrogens with two attached hydrogens (primary N) is 1. The van der Waals surface area contributed by atoms with Gasteiger partial charge in [0.05, 0.1) is 7.11 Å². The highest BCUT2D eigenvalue weighted by Gasteiger charge is 2.35. The van der Waals surface area contributed by atoms with Crippen molar-refractivity contribution in [2.75, 3.05) is 26.7 Å². The smallest absolute Gasteiger partial charge is 0.338 e. The van der Waals surface area contributed by atoms with Crippen molar-refractivity contribution in [3.8, 4) is 0 Å². The summed E-state index contributed by atoms with van der Waals surface area (Å²) < 4.78 is 4.51.